The SMILES string of the molecule is CC(C)C[C@@H](N)C(=O)N(C)[C@](N(C)C(=O)[C@@H](C)N)(N(C)C(=O)[C@H](N)C(C)C)N(NC(=O)OC(C)(C)C)[C@@](C(=O)OCc1ccccc1)([C@@H](C(C)C)N(C)C(=O)[C@H](N)C(C)C)N(C)C(=O)C(C)N. The Hall–Kier alpha value is -4.93. The van der Waals surface area contributed by atoms with Gasteiger partial charge >= 0.3 is 12.1 Å². The molecule has 0 fully saturated rings. The van der Waals surface area contributed by atoms with Crippen LogP contribution < -0.4 is 34.1 Å². The molecule has 0 aromatic heterocycles. The maximum atomic E-state index is 16.3. The van der Waals surface area contributed by atoms with Gasteiger partial charge in [-0.15, -0.1) is 5.01 Å². The number of hydrazine groups is 1. The molecule has 1 rings (SSSR count). The van der Waals surface area contributed by atoms with Gasteiger partial charge in [0.15, 0.2) is 0 Å². The maximum absolute atomic E-state index is 16.3. The number of nitrogens with two attached hydrogens (primary N) is 5. The molecule has 0 heterocycles. The van der Waals surface area contributed by atoms with Crippen molar-refractivity contribution >= 4 is 41.6 Å². The highest BCUT2D eigenvalue weighted by atomic mass is 16.6. The number of likely N-dealkylation sites (N-methyl/N-ethyl adjacent to an activating group) is 5. The molecule has 0 saturated heterocycles. The van der Waals surface area contributed by atoms with Crippen molar-refractivity contribution in [3.8, 4) is 0 Å². The van der Waals surface area contributed by atoms with Crippen LogP contribution in [0.4, 0.5) is 4.79 Å². The van der Waals surface area contributed by atoms with Crippen molar-refractivity contribution < 1.29 is 43.0 Å². The Bertz CT molecular complexity index is 1860. The zero-order chi connectivity index (χ0) is 52.4. The molecule has 0 aliphatic heterocycles. The van der Waals surface area contributed by atoms with Crippen LogP contribution in [-0.2, 0) is 44.8 Å². The quantitative estimate of drug-likeness (QED) is 0.0540. The predicted octanol–water partition coefficient (Wildman–Crippen LogP) is 1.13. The number of rotatable bonds is 22. The molecular formula is C46H84N12O9. The summed E-state index contributed by atoms with van der Waals surface area (Å²) in [6.07, 6.45) is -1.25. The first kappa shape index (κ1) is 60.1. The molecule has 67 heavy (non-hydrogen) atoms. The van der Waals surface area contributed by atoms with Crippen LogP contribution in [-0.4, -0.2) is 160 Å². The van der Waals surface area contributed by atoms with E-state index in [0.29, 0.717) is 5.56 Å². The lowest BCUT2D eigenvalue weighted by Crippen LogP contribution is -2.91. The van der Waals surface area contributed by atoms with E-state index >= 15 is 19.2 Å². The lowest BCUT2D eigenvalue weighted by molar-refractivity contribution is -0.296. The first-order chi connectivity index (χ1) is 30.6. The first-order valence-corrected chi connectivity index (χ1v) is 22.8. The van der Waals surface area contributed by atoms with Gasteiger partial charge in [0.1, 0.15) is 12.2 Å². The second kappa shape index (κ2) is 24.4. The normalized spacial score (nSPS) is 16.5. The van der Waals surface area contributed by atoms with E-state index < -0.39 is 119 Å². The van der Waals surface area contributed by atoms with Crippen LogP contribution in [0.2, 0.25) is 0 Å². The minimum atomic E-state index is -3.02. The van der Waals surface area contributed by atoms with Gasteiger partial charge < -0.3 is 47.9 Å². The van der Waals surface area contributed by atoms with Crippen LogP contribution in [0.15, 0.2) is 30.3 Å². The number of nitrogens with one attached hydrogen (secondary N) is 1. The third-order valence-electron chi connectivity index (χ3n) is 11.6. The molecular weight excluding hydrogens is 865 g/mol. The van der Waals surface area contributed by atoms with Crippen molar-refractivity contribution in [3.63, 3.8) is 0 Å². The van der Waals surface area contributed by atoms with Gasteiger partial charge in [-0.1, -0.05) is 85.7 Å². The van der Waals surface area contributed by atoms with E-state index in [0.717, 1.165) is 29.5 Å². The topological polar surface area (TPSA) is 300 Å². The lowest BCUT2D eigenvalue weighted by atomic mass is 9.84. The second-order valence-corrected chi connectivity index (χ2v) is 19.9. The average molecular weight is 949 g/mol. The van der Waals surface area contributed by atoms with Gasteiger partial charge in [0.2, 0.25) is 35.2 Å². The largest absolute Gasteiger partial charge is 0.458 e. The van der Waals surface area contributed by atoms with Gasteiger partial charge in [-0.05, 0) is 70.3 Å². The minimum Gasteiger partial charge on any atom is -0.458 e. The molecule has 11 N–H and O–H groups in total. The van der Waals surface area contributed by atoms with Gasteiger partial charge in [0.05, 0.1) is 36.3 Å². The van der Waals surface area contributed by atoms with Crippen LogP contribution in [0.1, 0.15) is 102 Å². The average Bonchev–Trinajstić information content (AvgIpc) is 3.23. The fourth-order valence-corrected chi connectivity index (χ4v) is 7.99. The molecule has 1 aromatic carbocycles. The Morgan fingerprint density at radius 1 is 0.597 bits per heavy atom. The smallest absolute Gasteiger partial charge is 0.422 e. The summed E-state index contributed by atoms with van der Waals surface area (Å²) in [5.74, 6) is -11.0. The van der Waals surface area contributed by atoms with Crippen LogP contribution in [0.5, 0.6) is 0 Å². The van der Waals surface area contributed by atoms with Crippen LogP contribution in [0, 0.1) is 23.7 Å². The molecule has 6 amide bonds. The Morgan fingerprint density at radius 2 is 1.03 bits per heavy atom. The van der Waals surface area contributed by atoms with Crippen LogP contribution >= 0.6 is 0 Å². The standard InChI is InChI=1S/C46H84N12O9/c1-26(2)24-33(49)39(61)56(17)46(55(16)38(60)31(10)48,57(18)41(63)35(51)28(5)6)58(52-43(65)67-44(11,12)13)45(54(15)37(59)30(9)47,42(64)66-25-32-22-20-19-21-23-32)36(29(7)8)53(14)40(62)34(50)27(3)4/h19-23,26-31,33-36H,24-25,47-51H2,1-18H3,(H,52,65)/t30?,31-,33-,34-,35-,36-,45-,46-/m1/s1. The zero-order valence-electron chi connectivity index (χ0n) is 43.3. The van der Waals surface area contributed by atoms with Crippen molar-refractivity contribution in [2.75, 3.05) is 35.2 Å². The molecule has 0 bridgehead atoms. The van der Waals surface area contributed by atoms with Crippen molar-refractivity contribution in [3.05, 3.63) is 35.9 Å². The summed E-state index contributed by atoms with van der Waals surface area (Å²) in [6.45, 7) is 20.5. The highest BCUT2D eigenvalue weighted by molar-refractivity contribution is 5.93. The van der Waals surface area contributed by atoms with Crippen molar-refractivity contribution in [2.45, 2.75) is 156 Å². The van der Waals surface area contributed by atoms with Gasteiger partial charge in [0.25, 0.3) is 5.91 Å². The Morgan fingerprint density at radius 3 is 1.45 bits per heavy atom. The predicted molar refractivity (Wildman–Crippen MR) is 256 cm³/mol. The maximum Gasteiger partial charge on any atom is 0.422 e. The van der Waals surface area contributed by atoms with Gasteiger partial charge in [0, 0.05) is 35.2 Å². The molecule has 0 aliphatic rings. The number of carbonyl (C=O) groups excluding carboxylic acids is 7. The third kappa shape index (κ3) is 13.6. The number of esters is 1. The van der Waals surface area contributed by atoms with Crippen molar-refractivity contribution in [2.24, 2.45) is 52.3 Å². The molecule has 0 aliphatic carbocycles. The van der Waals surface area contributed by atoms with Gasteiger partial charge in [-0.2, -0.15) is 0 Å². The fourth-order valence-electron chi connectivity index (χ4n) is 7.99. The molecule has 8 atom stereocenters. The molecule has 21 heteroatoms. The van der Waals surface area contributed by atoms with Crippen molar-refractivity contribution in [1.29, 1.82) is 0 Å². The third-order valence-corrected chi connectivity index (χ3v) is 11.6. The summed E-state index contributed by atoms with van der Waals surface area (Å²) in [7, 11) is 6.10. The summed E-state index contributed by atoms with van der Waals surface area (Å²) in [5.41, 5.74) is 31.5. The number of nitrogens with zero attached hydrogens (tertiary/aromatic N) is 6. The number of hydrogen-bond donors (Lipinski definition) is 6. The van der Waals surface area contributed by atoms with E-state index in [-0.39, 0.29) is 12.3 Å². The fraction of sp³-hybridized carbons (Fsp3) is 0.717. The summed E-state index contributed by atoms with van der Waals surface area (Å²) in [6, 6.07) is 0.0314. The Labute approximate surface area is 398 Å². The van der Waals surface area contributed by atoms with E-state index in [1.807, 2.05) is 13.8 Å². The van der Waals surface area contributed by atoms with Crippen LogP contribution in [0.3, 0.4) is 0 Å². The van der Waals surface area contributed by atoms with Crippen molar-refractivity contribution in [1.82, 2.24) is 34.9 Å². The Balaban J connectivity index is 5.48. The number of benzene rings is 1. The van der Waals surface area contributed by atoms with E-state index in [4.69, 9.17) is 38.1 Å². The highest BCUT2D eigenvalue weighted by Gasteiger charge is 2.71. The van der Waals surface area contributed by atoms with E-state index in [9.17, 15) is 14.4 Å². The van der Waals surface area contributed by atoms with Gasteiger partial charge in [-0.25, -0.2) is 15.0 Å². The van der Waals surface area contributed by atoms with E-state index in [1.165, 1.54) is 49.1 Å². The lowest BCUT2D eigenvalue weighted by Gasteiger charge is -2.64. The highest BCUT2D eigenvalue weighted by Crippen LogP contribution is 2.42. The summed E-state index contributed by atoms with van der Waals surface area (Å²) in [4.78, 5) is 111. The molecule has 1 aromatic rings. The molecule has 1 unspecified atom stereocenters. The van der Waals surface area contributed by atoms with E-state index in [1.54, 1.807) is 92.6 Å². The number of ether oxygens (including phenoxy) is 2. The van der Waals surface area contributed by atoms with Crippen LogP contribution in [0.25, 0.3) is 0 Å². The summed E-state index contributed by atoms with van der Waals surface area (Å²) in [5, 5.41) is 0.766. The minimum absolute atomic E-state index is 0.0686. The summed E-state index contributed by atoms with van der Waals surface area (Å²) >= 11 is 0. The number of carbonyl (C=O) groups is 7. The molecule has 0 radical (unpaired) electrons. The molecule has 0 spiro atoms. The Kier molecular flexibility index (Phi) is 21.9. The number of amides is 6. The number of hydrogen-bond acceptors (Lipinski definition) is 15. The molecule has 0 saturated carbocycles. The summed E-state index contributed by atoms with van der Waals surface area (Å²) < 4.78 is 12.1. The molecule has 21 nitrogen and oxygen atoms in total. The van der Waals surface area contributed by atoms with E-state index in [2.05, 4.69) is 5.43 Å². The molecule has 382 valence electrons. The monoisotopic (exact) mass is 949 g/mol. The first-order valence-electron chi connectivity index (χ1n) is 22.8. The zero-order valence-corrected chi connectivity index (χ0v) is 43.3. The van der Waals surface area contributed by atoms with Gasteiger partial charge in [-0.3, -0.25) is 38.7 Å². The second-order valence-electron chi connectivity index (χ2n) is 19.9.